The molecule has 1 aromatic carbocycles. The molecule has 0 aromatic heterocycles. The van der Waals surface area contributed by atoms with Gasteiger partial charge in [0.25, 0.3) is 0 Å². The van der Waals surface area contributed by atoms with Crippen LogP contribution in [0.2, 0.25) is 0 Å². The summed E-state index contributed by atoms with van der Waals surface area (Å²) in [6.07, 6.45) is 2.48. The molecule has 5 nitrogen and oxygen atoms in total. The van der Waals surface area contributed by atoms with Crippen LogP contribution in [-0.4, -0.2) is 36.5 Å². The predicted molar refractivity (Wildman–Crippen MR) is 72.9 cm³/mol. The quantitative estimate of drug-likeness (QED) is 0.776. The fraction of sp³-hybridized carbons (Fsp3) is 0.533. The minimum absolute atomic E-state index is 0.0132. The van der Waals surface area contributed by atoms with Crippen molar-refractivity contribution in [2.75, 3.05) is 20.3 Å². The molecular formula is C15H20O5. The summed E-state index contributed by atoms with van der Waals surface area (Å²) in [6, 6.07) is 5.49. The van der Waals surface area contributed by atoms with Gasteiger partial charge in [-0.05, 0) is 43.4 Å². The average Bonchev–Trinajstić information content (AvgIpc) is 2.47. The van der Waals surface area contributed by atoms with Crippen LogP contribution in [0.15, 0.2) is 18.2 Å². The highest BCUT2D eigenvalue weighted by atomic mass is 16.5. The van der Waals surface area contributed by atoms with Crippen LogP contribution in [0.3, 0.4) is 0 Å². The van der Waals surface area contributed by atoms with Gasteiger partial charge in [0.2, 0.25) is 0 Å². The van der Waals surface area contributed by atoms with E-state index in [-0.39, 0.29) is 13.2 Å². The molecule has 0 radical (unpaired) electrons. The molecule has 0 bridgehead atoms. The molecule has 20 heavy (non-hydrogen) atoms. The summed E-state index contributed by atoms with van der Waals surface area (Å²) in [4.78, 5) is 11.8. The number of aliphatic carboxylic acids is 1. The summed E-state index contributed by atoms with van der Waals surface area (Å²) < 4.78 is 10.9. The number of ether oxygens (including phenoxy) is 2. The summed E-state index contributed by atoms with van der Waals surface area (Å²) in [5.41, 5.74) is 0.342. The van der Waals surface area contributed by atoms with Crippen LogP contribution in [0.25, 0.3) is 0 Å². The standard InChI is InChI=1S/C15H20O5/c1-19-12-6-5-11-4-2-7-15(14(17)18,13(11)10-12)20-9-3-8-16/h5-6,10,16H,2-4,7-9H2,1H3,(H,17,18). The van der Waals surface area contributed by atoms with E-state index in [1.807, 2.05) is 12.1 Å². The number of aryl methyl sites for hydroxylation is 1. The van der Waals surface area contributed by atoms with Gasteiger partial charge in [-0.25, -0.2) is 4.79 Å². The van der Waals surface area contributed by atoms with Gasteiger partial charge < -0.3 is 19.7 Å². The molecular weight excluding hydrogens is 260 g/mol. The molecule has 0 saturated heterocycles. The Morgan fingerprint density at radius 2 is 2.25 bits per heavy atom. The highest BCUT2D eigenvalue weighted by Gasteiger charge is 2.45. The van der Waals surface area contributed by atoms with Crippen LogP contribution in [0.4, 0.5) is 0 Å². The van der Waals surface area contributed by atoms with Crippen LogP contribution >= 0.6 is 0 Å². The van der Waals surface area contributed by atoms with Crippen molar-refractivity contribution in [3.8, 4) is 5.75 Å². The van der Waals surface area contributed by atoms with Gasteiger partial charge in [0, 0.05) is 12.2 Å². The fourth-order valence-corrected chi connectivity index (χ4v) is 2.68. The summed E-state index contributed by atoms with van der Waals surface area (Å²) >= 11 is 0. The molecule has 0 spiro atoms. The van der Waals surface area contributed by atoms with Crippen LogP contribution < -0.4 is 4.74 Å². The molecule has 110 valence electrons. The Morgan fingerprint density at radius 1 is 1.45 bits per heavy atom. The average molecular weight is 280 g/mol. The lowest BCUT2D eigenvalue weighted by Crippen LogP contribution is -2.42. The van der Waals surface area contributed by atoms with E-state index in [9.17, 15) is 9.90 Å². The first-order chi connectivity index (χ1) is 9.64. The van der Waals surface area contributed by atoms with Crippen molar-refractivity contribution in [2.45, 2.75) is 31.3 Å². The van der Waals surface area contributed by atoms with Crippen molar-refractivity contribution in [3.05, 3.63) is 29.3 Å². The molecule has 5 heteroatoms. The summed E-state index contributed by atoms with van der Waals surface area (Å²) in [7, 11) is 1.56. The molecule has 1 aromatic rings. The number of benzene rings is 1. The monoisotopic (exact) mass is 280 g/mol. The number of rotatable bonds is 6. The van der Waals surface area contributed by atoms with Crippen molar-refractivity contribution in [1.29, 1.82) is 0 Å². The van der Waals surface area contributed by atoms with Gasteiger partial charge >= 0.3 is 5.97 Å². The maximum Gasteiger partial charge on any atom is 0.340 e. The molecule has 2 rings (SSSR count). The molecule has 0 fully saturated rings. The largest absolute Gasteiger partial charge is 0.497 e. The van der Waals surface area contributed by atoms with Crippen molar-refractivity contribution in [3.63, 3.8) is 0 Å². The van der Waals surface area contributed by atoms with Gasteiger partial charge in [0.05, 0.1) is 13.7 Å². The molecule has 1 aliphatic carbocycles. The van der Waals surface area contributed by atoms with E-state index in [0.29, 0.717) is 24.2 Å². The number of hydrogen-bond acceptors (Lipinski definition) is 4. The number of aliphatic hydroxyl groups is 1. The SMILES string of the molecule is COc1ccc2c(c1)C(OCCCO)(C(=O)O)CCC2. The zero-order valence-electron chi connectivity index (χ0n) is 11.6. The van der Waals surface area contributed by atoms with Crippen LogP contribution in [0, 0.1) is 0 Å². The van der Waals surface area contributed by atoms with Crippen molar-refractivity contribution in [2.24, 2.45) is 0 Å². The van der Waals surface area contributed by atoms with Gasteiger partial charge in [0.15, 0.2) is 5.60 Å². The Bertz CT molecular complexity index is 485. The molecule has 0 amide bonds. The smallest absolute Gasteiger partial charge is 0.340 e. The normalized spacial score (nSPS) is 21.3. The van der Waals surface area contributed by atoms with E-state index in [4.69, 9.17) is 14.6 Å². The number of carbonyl (C=O) groups is 1. The Hall–Kier alpha value is -1.59. The Labute approximate surface area is 118 Å². The number of methoxy groups -OCH3 is 1. The molecule has 2 N–H and O–H groups in total. The molecule has 0 heterocycles. The number of aliphatic hydroxyl groups excluding tert-OH is 1. The lowest BCUT2D eigenvalue weighted by atomic mass is 9.78. The van der Waals surface area contributed by atoms with Gasteiger partial charge in [-0.2, -0.15) is 0 Å². The number of carboxylic acid groups (broad SMARTS) is 1. The van der Waals surface area contributed by atoms with E-state index < -0.39 is 11.6 Å². The van der Waals surface area contributed by atoms with E-state index in [1.54, 1.807) is 13.2 Å². The summed E-state index contributed by atoms with van der Waals surface area (Å²) in [5.74, 6) is -0.355. The third-order valence-electron chi connectivity index (χ3n) is 3.72. The number of hydrogen-bond donors (Lipinski definition) is 2. The van der Waals surface area contributed by atoms with Gasteiger partial charge in [-0.3, -0.25) is 0 Å². The predicted octanol–water partition coefficient (Wildman–Crippen LogP) is 1.71. The van der Waals surface area contributed by atoms with Gasteiger partial charge in [-0.1, -0.05) is 6.07 Å². The van der Waals surface area contributed by atoms with E-state index in [1.165, 1.54) is 0 Å². The van der Waals surface area contributed by atoms with Gasteiger partial charge in [-0.15, -0.1) is 0 Å². The number of fused-ring (bicyclic) bond motifs is 1. The second-order valence-electron chi connectivity index (χ2n) is 4.93. The lowest BCUT2D eigenvalue weighted by Gasteiger charge is -2.35. The zero-order chi connectivity index (χ0) is 14.6. The van der Waals surface area contributed by atoms with E-state index in [0.717, 1.165) is 18.4 Å². The molecule has 1 aliphatic rings. The molecule has 1 atom stereocenters. The zero-order valence-corrected chi connectivity index (χ0v) is 11.6. The van der Waals surface area contributed by atoms with Crippen molar-refractivity contribution < 1.29 is 24.5 Å². The van der Waals surface area contributed by atoms with Crippen LogP contribution in [0.5, 0.6) is 5.75 Å². The van der Waals surface area contributed by atoms with E-state index in [2.05, 4.69) is 0 Å². The van der Waals surface area contributed by atoms with Crippen molar-refractivity contribution >= 4 is 5.97 Å². The highest BCUT2D eigenvalue weighted by Crippen LogP contribution is 2.40. The Balaban J connectivity index is 2.41. The summed E-state index contributed by atoms with van der Waals surface area (Å²) in [5, 5.41) is 18.5. The molecule has 0 saturated carbocycles. The lowest BCUT2D eigenvalue weighted by molar-refractivity contribution is -0.170. The van der Waals surface area contributed by atoms with Crippen LogP contribution in [0.1, 0.15) is 30.4 Å². The van der Waals surface area contributed by atoms with Gasteiger partial charge in [0.1, 0.15) is 5.75 Å². The topological polar surface area (TPSA) is 76.0 Å². The molecule has 1 unspecified atom stereocenters. The second kappa shape index (κ2) is 6.24. The third-order valence-corrected chi connectivity index (χ3v) is 3.72. The first-order valence-corrected chi connectivity index (χ1v) is 6.79. The fourth-order valence-electron chi connectivity index (χ4n) is 2.68. The molecule has 0 aliphatic heterocycles. The maximum atomic E-state index is 11.8. The minimum Gasteiger partial charge on any atom is -0.497 e. The third kappa shape index (κ3) is 2.64. The first-order valence-electron chi connectivity index (χ1n) is 6.79. The first kappa shape index (κ1) is 14.8. The van der Waals surface area contributed by atoms with Crippen molar-refractivity contribution in [1.82, 2.24) is 0 Å². The Morgan fingerprint density at radius 3 is 2.90 bits per heavy atom. The second-order valence-corrected chi connectivity index (χ2v) is 4.93. The number of carboxylic acids is 1. The Kier molecular flexibility index (Phi) is 4.62. The van der Waals surface area contributed by atoms with Crippen LogP contribution in [-0.2, 0) is 21.6 Å². The summed E-state index contributed by atoms with van der Waals surface area (Å²) in [6.45, 7) is 0.208. The van der Waals surface area contributed by atoms with E-state index >= 15 is 0 Å². The minimum atomic E-state index is -1.32. The maximum absolute atomic E-state index is 11.8. The highest BCUT2D eigenvalue weighted by molar-refractivity contribution is 5.80.